The van der Waals surface area contributed by atoms with Crippen LogP contribution in [0, 0.1) is 5.82 Å². The topological polar surface area (TPSA) is 105 Å². The van der Waals surface area contributed by atoms with E-state index >= 15 is 0 Å². The molecule has 8 nitrogen and oxygen atoms in total. The molecule has 170 valence electrons. The summed E-state index contributed by atoms with van der Waals surface area (Å²) in [5.74, 6) is -1.30. The average molecular weight is 492 g/mol. The Labute approximate surface area is 189 Å². The maximum Gasteiger partial charge on any atom is 0.407 e. The molecule has 1 aromatic carbocycles. The number of thioether (sulfide) groups is 1. The van der Waals surface area contributed by atoms with Crippen LogP contribution in [0.2, 0.25) is 5.02 Å². The number of carbonyl (C=O) groups excluding carboxylic acids is 2. The Kier molecular flexibility index (Phi) is 6.87. The number of ether oxygens (including phenoxy) is 1. The van der Waals surface area contributed by atoms with Crippen molar-refractivity contribution in [3.05, 3.63) is 29.0 Å². The molecule has 0 unspecified atom stereocenters. The molecule has 2 aliphatic heterocycles. The van der Waals surface area contributed by atoms with Crippen LogP contribution in [0.1, 0.15) is 27.2 Å². The maximum atomic E-state index is 14.0. The van der Waals surface area contributed by atoms with Crippen LogP contribution >= 0.6 is 23.4 Å². The van der Waals surface area contributed by atoms with Gasteiger partial charge in [-0.15, -0.1) is 0 Å². The molecule has 12 heteroatoms. The summed E-state index contributed by atoms with van der Waals surface area (Å²) in [5, 5.41) is 2.42. The normalized spacial score (nSPS) is 23.6. The number of rotatable bonds is 4. The highest BCUT2D eigenvalue weighted by Gasteiger charge is 2.49. The molecule has 0 aromatic heterocycles. The van der Waals surface area contributed by atoms with Crippen molar-refractivity contribution in [1.29, 1.82) is 0 Å². The zero-order valence-electron chi connectivity index (χ0n) is 17.2. The molecule has 3 rings (SSSR count). The monoisotopic (exact) mass is 491 g/mol. The number of anilines is 1. The molecule has 0 spiro atoms. The van der Waals surface area contributed by atoms with E-state index in [9.17, 15) is 22.4 Å². The third-order valence-corrected chi connectivity index (χ3v) is 7.99. The molecule has 0 bridgehead atoms. The summed E-state index contributed by atoms with van der Waals surface area (Å²) in [6.07, 6.45) is -0.707. The largest absolute Gasteiger partial charge is 0.444 e. The lowest BCUT2D eigenvalue weighted by atomic mass is 10.2. The Morgan fingerprint density at radius 3 is 2.71 bits per heavy atom. The number of nitrogens with zero attached hydrogens (tertiary/aromatic N) is 2. The predicted molar refractivity (Wildman–Crippen MR) is 119 cm³/mol. The zero-order chi connectivity index (χ0) is 23.0. The van der Waals surface area contributed by atoms with Crippen LogP contribution in [0.15, 0.2) is 23.2 Å². The molecule has 1 N–H and O–H groups in total. The number of alkyl carbamates (subject to hydrolysis) is 1. The fourth-order valence-electron chi connectivity index (χ4n) is 3.25. The lowest BCUT2D eigenvalue weighted by Crippen LogP contribution is -2.38. The van der Waals surface area contributed by atoms with Crippen molar-refractivity contribution in [2.75, 3.05) is 23.0 Å². The number of hydrogen-bond acceptors (Lipinski definition) is 6. The summed E-state index contributed by atoms with van der Waals surface area (Å²) in [6, 6.07) is 3.67. The third kappa shape index (κ3) is 6.11. The zero-order valence-corrected chi connectivity index (χ0v) is 19.6. The van der Waals surface area contributed by atoms with Gasteiger partial charge in [0.05, 0.1) is 22.6 Å². The quantitative estimate of drug-likeness (QED) is 0.690. The number of halogens is 2. The highest BCUT2D eigenvalue weighted by molar-refractivity contribution is 8.16. The number of fused-ring (bicyclic) bond motifs is 1. The summed E-state index contributed by atoms with van der Waals surface area (Å²) in [4.78, 5) is 29.7. The van der Waals surface area contributed by atoms with E-state index in [1.807, 2.05) is 0 Å². The Morgan fingerprint density at radius 1 is 1.35 bits per heavy atom. The second kappa shape index (κ2) is 8.95. The number of nitrogens with one attached hydrogen (secondary N) is 1. The van der Waals surface area contributed by atoms with Crippen LogP contribution in [-0.2, 0) is 19.4 Å². The van der Waals surface area contributed by atoms with Crippen LogP contribution in [0.4, 0.5) is 14.9 Å². The van der Waals surface area contributed by atoms with E-state index in [2.05, 4.69) is 10.3 Å². The van der Waals surface area contributed by atoms with Crippen LogP contribution < -0.4 is 10.2 Å². The van der Waals surface area contributed by atoms with Crippen LogP contribution in [-0.4, -0.2) is 60.5 Å². The third-order valence-electron chi connectivity index (χ3n) is 4.48. The molecule has 0 saturated carbocycles. The van der Waals surface area contributed by atoms with Crippen LogP contribution in [0.5, 0.6) is 0 Å². The fourth-order valence-corrected chi connectivity index (χ4v) is 7.30. The minimum atomic E-state index is -3.24. The first-order chi connectivity index (χ1) is 14.3. The summed E-state index contributed by atoms with van der Waals surface area (Å²) in [6.45, 7) is 5.22. The maximum absolute atomic E-state index is 14.0. The van der Waals surface area contributed by atoms with Crippen molar-refractivity contribution >= 4 is 56.1 Å². The molecule has 2 atom stereocenters. The average Bonchev–Trinajstić information content (AvgIpc) is 3.06. The second-order valence-corrected chi connectivity index (χ2v) is 12.0. The molecule has 2 amide bonds. The molecule has 2 heterocycles. The number of amides is 2. The fraction of sp³-hybridized carbons (Fsp3) is 0.526. The molecule has 31 heavy (non-hydrogen) atoms. The first-order valence-corrected chi connectivity index (χ1v) is 12.6. The van der Waals surface area contributed by atoms with Crippen molar-refractivity contribution < 1.29 is 27.1 Å². The van der Waals surface area contributed by atoms with Crippen molar-refractivity contribution in [1.82, 2.24) is 5.32 Å². The van der Waals surface area contributed by atoms with Gasteiger partial charge < -0.3 is 15.0 Å². The van der Waals surface area contributed by atoms with Gasteiger partial charge in [0.15, 0.2) is 15.0 Å². The van der Waals surface area contributed by atoms with Gasteiger partial charge in [-0.2, -0.15) is 4.99 Å². The highest BCUT2D eigenvalue weighted by Crippen LogP contribution is 2.41. The van der Waals surface area contributed by atoms with Crippen LogP contribution in [0.25, 0.3) is 0 Å². The second-order valence-electron chi connectivity index (χ2n) is 8.24. The smallest absolute Gasteiger partial charge is 0.407 e. The Morgan fingerprint density at radius 2 is 2.06 bits per heavy atom. The molecule has 2 saturated heterocycles. The summed E-state index contributed by atoms with van der Waals surface area (Å²) in [5.41, 5.74) is -0.279. The standard InChI is InChI=1S/C19H23ClFN3O5S2/c1-19(2,3)29-18(26)22-7-6-16(25)23-17-24(11-4-5-12(20)13(21)8-11)14-9-31(27,28)10-15(14)30-17/h4-5,8,14-15H,6-7,9-10H2,1-3H3,(H,22,26)/t14-,15+/m0/s1. The number of hydrogen-bond donors (Lipinski definition) is 1. The highest BCUT2D eigenvalue weighted by atomic mass is 35.5. The first kappa shape index (κ1) is 23.8. The van der Waals surface area contributed by atoms with E-state index < -0.39 is 39.3 Å². The molecular weight excluding hydrogens is 469 g/mol. The van der Waals surface area contributed by atoms with E-state index in [0.29, 0.717) is 10.9 Å². The number of aliphatic imine (C=N–C) groups is 1. The molecule has 0 radical (unpaired) electrons. The van der Waals surface area contributed by atoms with Crippen molar-refractivity contribution in [2.24, 2.45) is 4.99 Å². The van der Waals surface area contributed by atoms with E-state index in [-0.39, 0.29) is 34.7 Å². The molecule has 0 aliphatic carbocycles. The van der Waals surface area contributed by atoms with Gasteiger partial charge in [-0.05, 0) is 39.0 Å². The first-order valence-electron chi connectivity index (χ1n) is 9.54. The minimum Gasteiger partial charge on any atom is -0.444 e. The summed E-state index contributed by atoms with van der Waals surface area (Å²) >= 11 is 6.94. The van der Waals surface area contributed by atoms with E-state index in [1.165, 1.54) is 23.9 Å². The Bertz CT molecular complexity index is 1030. The summed E-state index contributed by atoms with van der Waals surface area (Å²) in [7, 11) is -3.24. The van der Waals surface area contributed by atoms with Gasteiger partial charge >= 0.3 is 6.09 Å². The van der Waals surface area contributed by atoms with Gasteiger partial charge in [0.25, 0.3) is 0 Å². The number of amidine groups is 1. The molecule has 1 aromatic rings. The van der Waals surface area contributed by atoms with Gasteiger partial charge in [-0.3, -0.25) is 4.79 Å². The lowest BCUT2D eigenvalue weighted by molar-refractivity contribution is -0.117. The van der Waals surface area contributed by atoms with Gasteiger partial charge in [0, 0.05) is 23.9 Å². The predicted octanol–water partition coefficient (Wildman–Crippen LogP) is 3.00. The SMILES string of the molecule is CC(C)(C)OC(=O)NCCC(=O)N=C1S[C@@H]2CS(=O)(=O)C[C@@H]2N1c1ccc(Cl)c(F)c1. The summed E-state index contributed by atoms with van der Waals surface area (Å²) < 4.78 is 43.3. The lowest BCUT2D eigenvalue weighted by Gasteiger charge is -2.24. The Balaban J connectivity index is 1.74. The molecular formula is C19H23ClFN3O5S2. The van der Waals surface area contributed by atoms with E-state index in [0.717, 1.165) is 0 Å². The van der Waals surface area contributed by atoms with Crippen molar-refractivity contribution in [2.45, 2.75) is 44.1 Å². The van der Waals surface area contributed by atoms with Gasteiger partial charge in [0.2, 0.25) is 5.91 Å². The van der Waals surface area contributed by atoms with Gasteiger partial charge in [0.1, 0.15) is 11.4 Å². The molecule has 2 aliphatic rings. The van der Waals surface area contributed by atoms with Gasteiger partial charge in [-0.25, -0.2) is 17.6 Å². The minimum absolute atomic E-state index is 0.0337. The van der Waals surface area contributed by atoms with Crippen LogP contribution in [0.3, 0.4) is 0 Å². The molecule has 2 fully saturated rings. The van der Waals surface area contributed by atoms with Crippen molar-refractivity contribution in [3.8, 4) is 0 Å². The van der Waals surface area contributed by atoms with E-state index in [1.54, 1.807) is 31.7 Å². The number of benzene rings is 1. The van der Waals surface area contributed by atoms with E-state index in [4.69, 9.17) is 16.3 Å². The van der Waals surface area contributed by atoms with Crippen molar-refractivity contribution in [3.63, 3.8) is 0 Å². The van der Waals surface area contributed by atoms with Gasteiger partial charge in [-0.1, -0.05) is 23.4 Å². The number of sulfone groups is 1. The Hall–Kier alpha value is -1.85. The number of carbonyl (C=O) groups is 2.